The molecule has 0 N–H and O–H groups in total. The van der Waals surface area contributed by atoms with Crippen molar-refractivity contribution >= 4 is 49.4 Å². The summed E-state index contributed by atoms with van der Waals surface area (Å²) in [5.74, 6) is -0.0769. The summed E-state index contributed by atoms with van der Waals surface area (Å²) in [5.41, 5.74) is 0.263. The topological polar surface area (TPSA) is 20.3 Å². The van der Waals surface area contributed by atoms with E-state index in [1.54, 1.807) is 24.1 Å². The van der Waals surface area contributed by atoms with Crippen molar-refractivity contribution in [2.45, 2.75) is 19.4 Å². The van der Waals surface area contributed by atoms with Crippen LogP contribution >= 0.6 is 43.5 Å². The van der Waals surface area contributed by atoms with Crippen molar-refractivity contribution in [3.05, 3.63) is 33.3 Å². The van der Waals surface area contributed by atoms with E-state index in [1.165, 1.54) is 0 Å². The first-order valence-corrected chi connectivity index (χ1v) is 7.38. The molecule has 1 amide bonds. The molecule has 0 unspecified atom stereocenters. The van der Waals surface area contributed by atoms with E-state index in [4.69, 9.17) is 11.6 Å². The maximum absolute atomic E-state index is 12.3. The van der Waals surface area contributed by atoms with Gasteiger partial charge in [-0.3, -0.25) is 4.79 Å². The quantitative estimate of drug-likeness (QED) is 0.711. The molecule has 0 fully saturated rings. The Morgan fingerprint density at radius 3 is 2.53 bits per heavy atom. The van der Waals surface area contributed by atoms with Crippen LogP contribution in [-0.2, 0) is 0 Å². The monoisotopic (exact) mass is 381 g/mol. The molecule has 0 aliphatic rings. The van der Waals surface area contributed by atoms with Gasteiger partial charge in [-0.2, -0.15) is 0 Å². The summed E-state index contributed by atoms with van der Waals surface area (Å²) in [6.45, 7) is 3.98. The Morgan fingerprint density at radius 1 is 1.47 bits per heavy atom. The van der Waals surface area contributed by atoms with Gasteiger partial charge in [0, 0.05) is 22.4 Å². The fourth-order valence-electron chi connectivity index (χ4n) is 1.21. The van der Waals surface area contributed by atoms with Crippen molar-refractivity contribution in [1.29, 1.82) is 0 Å². The first kappa shape index (κ1) is 15.0. The summed E-state index contributed by atoms with van der Waals surface area (Å²) < 4.78 is 0.862. The van der Waals surface area contributed by atoms with Crippen molar-refractivity contribution in [3.63, 3.8) is 0 Å². The normalized spacial score (nSPS) is 11.4. The molecule has 1 rings (SSSR count). The number of carbonyl (C=O) groups is 1. The van der Waals surface area contributed by atoms with Gasteiger partial charge in [0.1, 0.15) is 0 Å². The summed E-state index contributed by atoms with van der Waals surface area (Å²) >= 11 is 12.8. The van der Waals surface area contributed by atoms with E-state index in [2.05, 4.69) is 31.9 Å². The third kappa shape index (κ3) is 3.46. The van der Waals surface area contributed by atoms with Crippen molar-refractivity contribution in [2.75, 3.05) is 12.4 Å². The number of nitrogens with zero attached hydrogens (tertiary/aromatic N) is 1. The van der Waals surface area contributed by atoms with Crippen LogP contribution in [0.5, 0.6) is 0 Å². The molecule has 94 valence electrons. The zero-order chi connectivity index (χ0) is 13.2. The van der Waals surface area contributed by atoms with Crippen LogP contribution in [0.15, 0.2) is 22.7 Å². The predicted molar refractivity (Wildman–Crippen MR) is 79.1 cm³/mol. The minimum Gasteiger partial charge on any atom is -0.336 e. The second-order valence-corrected chi connectivity index (χ2v) is 6.32. The van der Waals surface area contributed by atoms with E-state index >= 15 is 0 Å². The first-order chi connectivity index (χ1) is 7.79. The third-order valence-corrected chi connectivity index (χ3v) is 4.88. The molecular weight excluding hydrogens is 369 g/mol. The molecule has 0 heterocycles. The minimum absolute atomic E-state index is 0.0769. The molecular formula is C12H14Br2ClNO. The zero-order valence-corrected chi connectivity index (χ0v) is 13.9. The summed E-state index contributed by atoms with van der Waals surface area (Å²) in [6.07, 6.45) is 0. The van der Waals surface area contributed by atoms with Crippen molar-refractivity contribution < 1.29 is 4.79 Å². The van der Waals surface area contributed by atoms with Gasteiger partial charge < -0.3 is 4.90 Å². The highest BCUT2D eigenvalue weighted by atomic mass is 79.9. The van der Waals surface area contributed by atoms with Gasteiger partial charge in [0.05, 0.1) is 10.6 Å². The Bertz CT molecular complexity index is 435. The van der Waals surface area contributed by atoms with Crippen molar-refractivity contribution in [1.82, 2.24) is 4.90 Å². The number of benzene rings is 1. The number of hydrogen-bond donors (Lipinski definition) is 0. The van der Waals surface area contributed by atoms with Gasteiger partial charge >= 0.3 is 0 Å². The lowest BCUT2D eigenvalue weighted by Crippen LogP contribution is -2.46. The Hall–Kier alpha value is -0.0600. The molecule has 17 heavy (non-hydrogen) atoms. The summed E-state index contributed by atoms with van der Waals surface area (Å²) in [6, 6.07) is 5.27. The molecule has 0 aliphatic heterocycles. The molecule has 0 bridgehead atoms. The van der Waals surface area contributed by atoms with Gasteiger partial charge in [0.2, 0.25) is 0 Å². The molecule has 0 aromatic heterocycles. The number of carbonyl (C=O) groups excluding carboxylic acids is 1. The van der Waals surface area contributed by atoms with Crippen molar-refractivity contribution in [3.8, 4) is 0 Å². The average Bonchev–Trinajstić information content (AvgIpc) is 2.27. The summed E-state index contributed by atoms with van der Waals surface area (Å²) in [5, 5.41) is 1.16. The highest BCUT2D eigenvalue weighted by Gasteiger charge is 2.28. The molecule has 2 nitrogen and oxygen atoms in total. The maximum atomic E-state index is 12.3. The number of hydrogen-bond acceptors (Lipinski definition) is 1. The molecule has 0 radical (unpaired) electrons. The SMILES string of the molecule is CN(C(=O)c1ccc(Br)cc1Cl)C(C)(C)CBr. The zero-order valence-electron chi connectivity index (χ0n) is 9.93. The standard InChI is InChI=1S/C12H14Br2ClNO/c1-12(2,7-13)16(3)11(17)9-5-4-8(14)6-10(9)15/h4-6H,7H2,1-3H3. The molecule has 0 spiro atoms. The van der Waals surface area contributed by atoms with E-state index in [-0.39, 0.29) is 11.4 Å². The van der Waals surface area contributed by atoms with E-state index < -0.39 is 0 Å². The van der Waals surface area contributed by atoms with E-state index in [1.807, 2.05) is 19.9 Å². The maximum Gasteiger partial charge on any atom is 0.255 e. The van der Waals surface area contributed by atoms with Gasteiger partial charge in [-0.1, -0.05) is 43.5 Å². The second kappa shape index (κ2) is 5.72. The Morgan fingerprint density at radius 2 is 2.06 bits per heavy atom. The van der Waals surface area contributed by atoms with Crippen molar-refractivity contribution in [2.24, 2.45) is 0 Å². The Kier molecular flexibility index (Phi) is 5.05. The first-order valence-electron chi connectivity index (χ1n) is 5.09. The van der Waals surface area contributed by atoms with Crippen LogP contribution in [0.1, 0.15) is 24.2 Å². The lowest BCUT2D eigenvalue weighted by atomic mass is 10.1. The van der Waals surface area contributed by atoms with Crippen LogP contribution in [-0.4, -0.2) is 28.7 Å². The summed E-state index contributed by atoms with van der Waals surface area (Å²) in [4.78, 5) is 14.0. The van der Waals surface area contributed by atoms with Crippen LogP contribution in [0, 0.1) is 0 Å². The van der Waals surface area contributed by atoms with Crippen LogP contribution < -0.4 is 0 Å². The van der Waals surface area contributed by atoms with E-state index in [0.717, 1.165) is 4.47 Å². The molecule has 0 aliphatic carbocycles. The molecule has 1 aromatic rings. The molecule has 0 atom stereocenters. The number of amides is 1. The fourth-order valence-corrected chi connectivity index (χ4v) is 2.34. The van der Waals surface area contributed by atoms with Crippen LogP contribution in [0.25, 0.3) is 0 Å². The minimum atomic E-state index is -0.256. The fraction of sp³-hybridized carbons (Fsp3) is 0.417. The number of halogens is 3. The van der Waals surface area contributed by atoms with Gasteiger partial charge in [-0.25, -0.2) is 0 Å². The summed E-state index contributed by atoms with van der Waals surface area (Å²) in [7, 11) is 1.78. The van der Waals surface area contributed by atoms with Crippen LogP contribution in [0.4, 0.5) is 0 Å². The van der Waals surface area contributed by atoms with Crippen LogP contribution in [0.2, 0.25) is 5.02 Å². The molecule has 5 heteroatoms. The Balaban J connectivity index is 3.05. The van der Waals surface area contributed by atoms with Gasteiger partial charge in [0.25, 0.3) is 5.91 Å². The van der Waals surface area contributed by atoms with Gasteiger partial charge in [-0.15, -0.1) is 0 Å². The lowest BCUT2D eigenvalue weighted by molar-refractivity contribution is 0.0664. The molecule has 0 saturated carbocycles. The highest BCUT2D eigenvalue weighted by Crippen LogP contribution is 2.25. The lowest BCUT2D eigenvalue weighted by Gasteiger charge is -2.34. The predicted octanol–water partition coefficient (Wildman–Crippen LogP) is 4.35. The largest absolute Gasteiger partial charge is 0.336 e. The third-order valence-electron chi connectivity index (χ3n) is 2.70. The highest BCUT2D eigenvalue weighted by molar-refractivity contribution is 9.10. The van der Waals surface area contributed by atoms with E-state index in [0.29, 0.717) is 15.9 Å². The molecule has 0 saturated heterocycles. The smallest absolute Gasteiger partial charge is 0.255 e. The number of alkyl halides is 1. The van der Waals surface area contributed by atoms with E-state index in [9.17, 15) is 4.79 Å². The van der Waals surface area contributed by atoms with Gasteiger partial charge in [-0.05, 0) is 32.0 Å². The average molecular weight is 384 g/mol. The van der Waals surface area contributed by atoms with Gasteiger partial charge in [0.15, 0.2) is 0 Å². The molecule has 1 aromatic carbocycles. The van der Waals surface area contributed by atoms with Crippen LogP contribution in [0.3, 0.4) is 0 Å². The Labute approximate surface area is 124 Å². The second-order valence-electron chi connectivity index (χ2n) is 4.43. The number of rotatable bonds is 3.